The summed E-state index contributed by atoms with van der Waals surface area (Å²) in [4.78, 5) is 22.0. The lowest BCUT2D eigenvalue weighted by Crippen LogP contribution is -2.28. The molecule has 2 atom stereocenters. The van der Waals surface area contributed by atoms with Gasteiger partial charge in [-0.3, -0.25) is 13.9 Å². The molecule has 1 aromatic carbocycles. The summed E-state index contributed by atoms with van der Waals surface area (Å²) in [6.07, 6.45) is 8.34. The predicted octanol–water partition coefficient (Wildman–Crippen LogP) is 7.33. The normalized spacial score (nSPS) is 17.0. The van der Waals surface area contributed by atoms with Crippen LogP contribution in [0.2, 0.25) is 0 Å². The molecule has 0 saturated heterocycles. The number of ketones is 1. The molecular formula is C27H45O5P. The van der Waals surface area contributed by atoms with E-state index >= 15 is 0 Å². The van der Waals surface area contributed by atoms with E-state index in [9.17, 15) is 19.4 Å². The van der Waals surface area contributed by atoms with E-state index in [-0.39, 0.29) is 28.3 Å². The summed E-state index contributed by atoms with van der Waals surface area (Å²) in [6.45, 7) is 16.8. The summed E-state index contributed by atoms with van der Waals surface area (Å²) >= 11 is 0. The van der Waals surface area contributed by atoms with Gasteiger partial charge >= 0.3 is 8.25 Å². The van der Waals surface area contributed by atoms with Crippen molar-refractivity contribution < 1.29 is 23.9 Å². The van der Waals surface area contributed by atoms with Crippen molar-refractivity contribution in [1.29, 1.82) is 0 Å². The third kappa shape index (κ3) is 9.39. The summed E-state index contributed by atoms with van der Waals surface area (Å²) < 4.78 is 16.4. The molecule has 0 amide bonds. The van der Waals surface area contributed by atoms with Gasteiger partial charge in [-0.15, -0.1) is 0 Å². The number of hydrogen-bond donors (Lipinski definition) is 2. The van der Waals surface area contributed by atoms with Crippen molar-refractivity contribution in [3.05, 3.63) is 34.9 Å². The Balaban J connectivity index is 0.00000125. The molecule has 1 aliphatic carbocycles. The first-order chi connectivity index (χ1) is 15.2. The predicted molar refractivity (Wildman–Crippen MR) is 138 cm³/mol. The first-order valence-electron chi connectivity index (χ1n) is 12.2. The fourth-order valence-electron chi connectivity index (χ4n) is 3.81. The van der Waals surface area contributed by atoms with Crippen molar-refractivity contribution in [1.82, 2.24) is 0 Å². The zero-order valence-corrected chi connectivity index (χ0v) is 22.8. The van der Waals surface area contributed by atoms with E-state index in [4.69, 9.17) is 4.52 Å². The monoisotopic (exact) mass is 480 g/mol. The van der Waals surface area contributed by atoms with Gasteiger partial charge in [-0.2, -0.15) is 0 Å². The van der Waals surface area contributed by atoms with Gasteiger partial charge in [-0.05, 0) is 53.4 Å². The lowest BCUT2D eigenvalue weighted by molar-refractivity contribution is -0.123. The number of carbonyl (C=O) groups excluding carboxylic acids is 1. The summed E-state index contributed by atoms with van der Waals surface area (Å²) in [7, 11) is -3.21. The van der Waals surface area contributed by atoms with Gasteiger partial charge in [0, 0.05) is 11.1 Å². The second-order valence-corrected chi connectivity index (χ2v) is 11.8. The van der Waals surface area contributed by atoms with Gasteiger partial charge in [0.1, 0.15) is 11.9 Å². The van der Waals surface area contributed by atoms with Crippen molar-refractivity contribution >= 4 is 20.1 Å². The van der Waals surface area contributed by atoms with Gasteiger partial charge in [-0.25, -0.2) is 0 Å². The summed E-state index contributed by atoms with van der Waals surface area (Å²) in [6, 6.07) is 3.92. The third-order valence-electron chi connectivity index (χ3n) is 6.08. The average Bonchev–Trinajstić information content (AvgIpc) is 3.23. The van der Waals surface area contributed by atoms with E-state index in [1.165, 1.54) is 18.9 Å². The minimum absolute atomic E-state index is 0.0344. The van der Waals surface area contributed by atoms with Crippen molar-refractivity contribution in [3.63, 3.8) is 0 Å². The van der Waals surface area contributed by atoms with Crippen LogP contribution in [0.25, 0.3) is 6.08 Å². The van der Waals surface area contributed by atoms with E-state index in [2.05, 4.69) is 34.6 Å². The molecule has 0 aromatic heterocycles. The first-order valence-corrected chi connectivity index (χ1v) is 13.5. The zero-order valence-electron chi connectivity index (χ0n) is 21.8. The van der Waals surface area contributed by atoms with Crippen LogP contribution in [0.3, 0.4) is 0 Å². The molecule has 2 N–H and O–H groups in total. The highest BCUT2D eigenvalue weighted by Gasteiger charge is 2.31. The van der Waals surface area contributed by atoms with Crippen LogP contribution in [0.4, 0.5) is 0 Å². The Labute approximate surface area is 201 Å². The van der Waals surface area contributed by atoms with Crippen molar-refractivity contribution in [2.45, 2.75) is 111 Å². The molecule has 6 heteroatoms. The number of phenols is 1. The molecule has 33 heavy (non-hydrogen) atoms. The molecule has 0 radical (unpaired) electrons. The van der Waals surface area contributed by atoms with Gasteiger partial charge in [-0.1, -0.05) is 87.1 Å². The molecule has 2 unspecified atom stereocenters. The van der Waals surface area contributed by atoms with Crippen molar-refractivity contribution in [3.8, 4) is 5.75 Å². The lowest BCUT2D eigenvalue weighted by Gasteiger charge is -2.27. The molecular weight excluding hydrogens is 435 g/mol. The second kappa shape index (κ2) is 12.9. The van der Waals surface area contributed by atoms with E-state index in [1.807, 2.05) is 32.9 Å². The standard InChI is InChI=1S/C23H35O5P.C4H10/c1-22(2,3)17-13-16(20(25)18(14-17)23(4,5)6)11-12-19(24)21(28-29(26)27)15-9-7-8-10-15;1-3-4-2/h11-15,21,25,29H,7-10H2,1-6H3,(H,26,27);3-4H2,1-2H3/b12-11+;. The van der Waals surface area contributed by atoms with Gasteiger partial charge in [0.05, 0.1) is 0 Å². The zero-order chi connectivity index (χ0) is 25.4. The van der Waals surface area contributed by atoms with Crippen LogP contribution in [0.5, 0.6) is 5.75 Å². The van der Waals surface area contributed by atoms with Crippen LogP contribution in [0.15, 0.2) is 18.2 Å². The Morgan fingerprint density at radius 2 is 1.64 bits per heavy atom. The van der Waals surface area contributed by atoms with Crippen molar-refractivity contribution in [2.75, 3.05) is 0 Å². The maximum atomic E-state index is 12.8. The summed E-state index contributed by atoms with van der Waals surface area (Å²) in [5, 5.41) is 10.8. The Morgan fingerprint density at radius 3 is 2.06 bits per heavy atom. The quantitative estimate of drug-likeness (QED) is 0.315. The van der Waals surface area contributed by atoms with Crippen LogP contribution >= 0.6 is 8.25 Å². The summed E-state index contributed by atoms with van der Waals surface area (Å²) in [5.74, 6) is -0.210. The maximum Gasteiger partial charge on any atom is 0.317 e. The molecule has 0 bridgehead atoms. The molecule has 0 spiro atoms. The highest BCUT2D eigenvalue weighted by Crippen LogP contribution is 2.39. The second-order valence-electron chi connectivity index (χ2n) is 11.0. The fraction of sp³-hybridized carbons (Fsp3) is 0.667. The number of benzene rings is 1. The highest BCUT2D eigenvalue weighted by atomic mass is 31.1. The van der Waals surface area contributed by atoms with Crippen LogP contribution in [0, 0.1) is 5.92 Å². The Morgan fingerprint density at radius 1 is 1.09 bits per heavy atom. The van der Waals surface area contributed by atoms with Crippen LogP contribution in [-0.2, 0) is 24.7 Å². The van der Waals surface area contributed by atoms with Crippen molar-refractivity contribution in [2.24, 2.45) is 5.92 Å². The highest BCUT2D eigenvalue weighted by molar-refractivity contribution is 7.32. The van der Waals surface area contributed by atoms with E-state index in [0.717, 1.165) is 36.8 Å². The minimum Gasteiger partial charge on any atom is -0.507 e. The minimum atomic E-state index is -3.21. The molecule has 188 valence electrons. The molecule has 1 aliphatic rings. The number of rotatable bonds is 7. The number of carbonyl (C=O) groups is 1. The van der Waals surface area contributed by atoms with Gasteiger partial charge in [0.2, 0.25) is 0 Å². The van der Waals surface area contributed by atoms with Crippen LogP contribution < -0.4 is 0 Å². The van der Waals surface area contributed by atoms with E-state index < -0.39 is 14.4 Å². The molecule has 5 nitrogen and oxygen atoms in total. The number of hydrogen-bond acceptors (Lipinski definition) is 4. The Hall–Kier alpha value is -1.42. The van der Waals surface area contributed by atoms with Gasteiger partial charge < -0.3 is 10.00 Å². The molecule has 2 rings (SSSR count). The van der Waals surface area contributed by atoms with Gasteiger partial charge in [0.15, 0.2) is 5.78 Å². The van der Waals surface area contributed by atoms with Crippen LogP contribution in [-0.4, -0.2) is 21.9 Å². The lowest BCUT2D eigenvalue weighted by atomic mass is 9.79. The molecule has 1 saturated carbocycles. The molecule has 1 aromatic rings. The fourth-order valence-corrected chi connectivity index (χ4v) is 4.34. The number of phenolic OH excluding ortho intramolecular Hbond substituents is 1. The largest absolute Gasteiger partial charge is 0.507 e. The smallest absolute Gasteiger partial charge is 0.317 e. The first kappa shape index (κ1) is 29.6. The van der Waals surface area contributed by atoms with Gasteiger partial charge in [0.25, 0.3) is 0 Å². The van der Waals surface area contributed by atoms with E-state index in [0.29, 0.717) is 5.56 Å². The molecule has 1 fully saturated rings. The Kier molecular flexibility index (Phi) is 11.6. The third-order valence-corrected chi connectivity index (χ3v) is 6.53. The summed E-state index contributed by atoms with van der Waals surface area (Å²) in [5.41, 5.74) is 2.08. The van der Waals surface area contributed by atoms with E-state index in [1.54, 1.807) is 6.08 Å². The van der Waals surface area contributed by atoms with Crippen LogP contribution in [0.1, 0.15) is 111 Å². The topological polar surface area (TPSA) is 83.8 Å². The SMILES string of the molecule is CC(C)(C)c1cc(/C=C/C(=O)C(O[PH](=O)O)C2CCCC2)c(O)c(C(C)(C)C)c1.CCCC. The number of unbranched alkanes of at least 4 members (excludes halogenated alkanes) is 1. The maximum absolute atomic E-state index is 12.8. The number of aromatic hydroxyl groups is 1. The average molecular weight is 481 g/mol. The molecule has 0 aliphatic heterocycles. The molecule has 0 heterocycles. The Bertz CT molecular complexity index is 822.